The molecule has 0 aliphatic carbocycles. The first-order valence-electron chi connectivity index (χ1n) is 7.17. The minimum absolute atomic E-state index is 0.0743. The molecule has 7 nitrogen and oxygen atoms in total. The SMILES string of the molecule is O=S(=O)(COCCO)N1CCN(c2cncc(C(F)(F)F)c2)CC1. The average Bonchev–Trinajstić information content (AvgIpc) is 2.54. The van der Waals surface area contributed by atoms with Gasteiger partial charge in [0.05, 0.1) is 30.7 Å². The van der Waals surface area contributed by atoms with Crippen LogP contribution in [0, 0.1) is 0 Å². The first-order chi connectivity index (χ1) is 11.2. The highest BCUT2D eigenvalue weighted by Gasteiger charge is 2.32. The molecule has 1 aliphatic heterocycles. The molecule has 1 N–H and O–H groups in total. The zero-order valence-corrected chi connectivity index (χ0v) is 13.6. The first-order valence-corrected chi connectivity index (χ1v) is 8.78. The molecule has 24 heavy (non-hydrogen) atoms. The fraction of sp³-hybridized carbons (Fsp3) is 0.615. The van der Waals surface area contributed by atoms with Gasteiger partial charge in [-0.05, 0) is 6.07 Å². The third-order valence-electron chi connectivity index (χ3n) is 3.52. The molecule has 0 amide bonds. The molecule has 2 rings (SSSR count). The summed E-state index contributed by atoms with van der Waals surface area (Å²) in [5.74, 6) is -0.529. The molecule has 0 bridgehead atoms. The van der Waals surface area contributed by atoms with E-state index in [1.54, 1.807) is 4.90 Å². The second kappa shape index (κ2) is 7.64. The van der Waals surface area contributed by atoms with Crippen LogP contribution in [0.4, 0.5) is 18.9 Å². The van der Waals surface area contributed by atoms with Gasteiger partial charge in [0.1, 0.15) is 0 Å². The van der Waals surface area contributed by atoms with Crippen LogP contribution in [-0.4, -0.2) is 68.1 Å². The van der Waals surface area contributed by atoms with E-state index >= 15 is 0 Å². The average molecular weight is 369 g/mol. The van der Waals surface area contributed by atoms with Gasteiger partial charge in [0.25, 0.3) is 0 Å². The Bertz CT molecular complexity index is 646. The maximum absolute atomic E-state index is 12.7. The molecule has 0 unspecified atom stereocenters. The topological polar surface area (TPSA) is 83.0 Å². The fourth-order valence-corrected chi connectivity index (χ4v) is 3.48. The van der Waals surface area contributed by atoms with Gasteiger partial charge < -0.3 is 14.7 Å². The van der Waals surface area contributed by atoms with Gasteiger partial charge in [-0.3, -0.25) is 4.98 Å². The van der Waals surface area contributed by atoms with Crippen LogP contribution in [0.5, 0.6) is 0 Å². The number of aliphatic hydroxyl groups is 1. The van der Waals surface area contributed by atoms with E-state index in [2.05, 4.69) is 4.98 Å². The normalized spacial score (nSPS) is 17.2. The highest BCUT2D eigenvalue weighted by molar-refractivity contribution is 7.88. The summed E-state index contributed by atoms with van der Waals surface area (Å²) in [4.78, 5) is 5.26. The van der Waals surface area contributed by atoms with Crippen LogP contribution in [-0.2, 0) is 20.9 Å². The van der Waals surface area contributed by atoms with Crippen LogP contribution >= 0.6 is 0 Å². The molecule has 11 heteroatoms. The Kier molecular flexibility index (Phi) is 6.01. The predicted molar refractivity (Wildman–Crippen MR) is 79.8 cm³/mol. The highest BCUT2D eigenvalue weighted by Crippen LogP contribution is 2.31. The Morgan fingerprint density at radius 1 is 1.21 bits per heavy atom. The summed E-state index contributed by atoms with van der Waals surface area (Å²) in [6.45, 7) is 0.438. The third kappa shape index (κ3) is 4.79. The van der Waals surface area contributed by atoms with Crippen molar-refractivity contribution in [1.29, 1.82) is 0 Å². The second-order valence-corrected chi connectivity index (χ2v) is 7.09. The molecular weight excluding hydrogens is 351 g/mol. The maximum atomic E-state index is 12.7. The molecule has 1 aromatic rings. The highest BCUT2D eigenvalue weighted by atomic mass is 32.2. The zero-order valence-electron chi connectivity index (χ0n) is 12.7. The van der Waals surface area contributed by atoms with Gasteiger partial charge in [-0.2, -0.15) is 17.5 Å². The van der Waals surface area contributed by atoms with Crippen molar-refractivity contribution in [2.75, 3.05) is 50.2 Å². The maximum Gasteiger partial charge on any atom is 0.417 e. The number of hydrogen-bond donors (Lipinski definition) is 1. The Hall–Kier alpha value is -1.43. The molecule has 1 aromatic heterocycles. The van der Waals surface area contributed by atoms with Crippen molar-refractivity contribution < 1.29 is 31.4 Å². The standard InChI is InChI=1S/C13H18F3N3O4S/c14-13(15,16)11-7-12(9-17-8-11)18-1-3-19(4-2-18)24(21,22)10-23-6-5-20/h7-9,20H,1-6,10H2. The van der Waals surface area contributed by atoms with Gasteiger partial charge >= 0.3 is 6.18 Å². The monoisotopic (exact) mass is 369 g/mol. The lowest BCUT2D eigenvalue weighted by Crippen LogP contribution is -2.49. The van der Waals surface area contributed by atoms with E-state index < -0.39 is 27.7 Å². The molecule has 1 fully saturated rings. The Morgan fingerprint density at radius 3 is 2.46 bits per heavy atom. The summed E-state index contributed by atoms with van der Waals surface area (Å²) < 4.78 is 68.3. The Labute approximate surface area is 137 Å². The summed E-state index contributed by atoms with van der Waals surface area (Å²) in [6, 6.07) is 1.00. The number of nitrogens with zero attached hydrogens (tertiary/aromatic N) is 3. The summed E-state index contributed by atoms with van der Waals surface area (Å²) in [5.41, 5.74) is -0.536. The van der Waals surface area contributed by atoms with Crippen molar-refractivity contribution in [3.05, 3.63) is 24.0 Å². The number of alkyl halides is 3. The number of sulfonamides is 1. The van der Waals surface area contributed by atoms with Crippen molar-refractivity contribution in [3.63, 3.8) is 0 Å². The van der Waals surface area contributed by atoms with Crippen LogP contribution in [0.3, 0.4) is 0 Å². The fourth-order valence-electron chi connectivity index (χ4n) is 2.28. The molecule has 0 aromatic carbocycles. The van der Waals surface area contributed by atoms with Gasteiger partial charge in [-0.1, -0.05) is 0 Å². The molecule has 2 heterocycles. The number of aromatic nitrogens is 1. The van der Waals surface area contributed by atoms with Crippen molar-refractivity contribution in [1.82, 2.24) is 9.29 Å². The van der Waals surface area contributed by atoms with Gasteiger partial charge in [0, 0.05) is 32.4 Å². The van der Waals surface area contributed by atoms with E-state index in [-0.39, 0.29) is 39.4 Å². The Morgan fingerprint density at radius 2 is 1.88 bits per heavy atom. The largest absolute Gasteiger partial charge is 0.417 e. The van der Waals surface area contributed by atoms with Crippen molar-refractivity contribution >= 4 is 15.7 Å². The zero-order chi connectivity index (χ0) is 17.8. The van der Waals surface area contributed by atoms with E-state index in [1.807, 2.05) is 0 Å². The number of rotatable bonds is 6. The third-order valence-corrected chi connectivity index (χ3v) is 5.13. The minimum Gasteiger partial charge on any atom is -0.394 e. The summed E-state index contributed by atoms with van der Waals surface area (Å²) in [7, 11) is -3.61. The van der Waals surface area contributed by atoms with Crippen LogP contribution in [0.15, 0.2) is 18.5 Å². The van der Waals surface area contributed by atoms with Crippen LogP contribution < -0.4 is 4.90 Å². The number of hydrogen-bond acceptors (Lipinski definition) is 6. The van der Waals surface area contributed by atoms with Gasteiger partial charge in [-0.15, -0.1) is 0 Å². The van der Waals surface area contributed by atoms with Gasteiger partial charge in [-0.25, -0.2) is 8.42 Å². The molecule has 136 valence electrons. The quantitative estimate of drug-likeness (QED) is 0.736. The predicted octanol–water partition coefficient (Wildman–Crippen LogP) is 0.519. The lowest BCUT2D eigenvalue weighted by molar-refractivity contribution is -0.137. The summed E-state index contributed by atoms with van der Waals surface area (Å²) in [6.07, 6.45) is -2.40. The molecule has 1 aliphatic rings. The lowest BCUT2D eigenvalue weighted by Gasteiger charge is -2.35. The van der Waals surface area contributed by atoms with Crippen molar-refractivity contribution in [3.8, 4) is 0 Å². The van der Waals surface area contributed by atoms with Crippen LogP contribution in [0.1, 0.15) is 5.56 Å². The second-order valence-electron chi connectivity index (χ2n) is 5.18. The minimum atomic E-state index is -4.47. The van der Waals surface area contributed by atoms with Crippen LogP contribution in [0.25, 0.3) is 0 Å². The van der Waals surface area contributed by atoms with Gasteiger partial charge in [0.2, 0.25) is 10.0 Å². The number of halogens is 3. The van der Waals surface area contributed by atoms with Crippen molar-refractivity contribution in [2.24, 2.45) is 0 Å². The molecule has 1 saturated heterocycles. The van der Waals surface area contributed by atoms with Gasteiger partial charge in [0.15, 0.2) is 5.94 Å². The number of ether oxygens (including phenoxy) is 1. The lowest BCUT2D eigenvalue weighted by atomic mass is 10.2. The molecule has 0 radical (unpaired) electrons. The first kappa shape index (κ1) is 18.9. The van der Waals surface area contributed by atoms with E-state index in [9.17, 15) is 21.6 Å². The smallest absolute Gasteiger partial charge is 0.394 e. The number of anilines is 1. The van der Waals surface area contributed by atoms with Crippen LogP contribution in [0.2, 0.25) is 0 Å². The molecular formula is C13H18F3N3O4S. The molecule has 0 spiro atoms. The number of aliphatic hydroxyl groups excluding tert-OH is 1. The Balaban J connectivity index is 1.98. The number of pyridine rings is 1. The molecule has 0 atom stereocenters. The van der Waals surface area contributed by atoms with Crippen molar-refractivity contribution in [2.45, 2.75) is 6.18 Å². The van der Waals surface area contributed by atoms with E-state index in [4.69, 9.17) is 9.84 Å². The van der Waals surface area contributed by atoms with E-state index in [0.29, 0.717) is 5.69 Å². The summed E-state index contributed by atoms with van der Waals surface area (Å²) >= 11 is 0. The van der Waals surface area contributed by atoms with E-state index in [0.717, 1.165) is 12.3 Å². The number of piperazine rings is 1. The van der Waals surface area contributed by atoms with E-state index in [1.165, 1.54) is 10.5 Å². The molecule has 0 saturated carbocycles. The summed E-state index contributed by atoms with van der Waals surface area (Å²) in [5, 5.41) is 8.59.